The Kier molecular flexibility index (Phi) is 5.91. The summed E-state index contributed by atoms with van der Waals surface area (Å²) >= 11 is 1.35. The zero-order chi connectivity index (χ0) is 20.1. The number of nitrogens with zero attached hydrogens (tertiary/aromatic N) is 3. The van der Waals surface area contributed by atoms with Crippen molar-refractivity contribution in [3.05, 3.63) is 89.7 Å². The Bertz CT molecular complexity index is 1120. The highest BCUT2D eigenvalue weighted by molar-refractivity contribution is 7.99. The van der Waals surface area contributed by atoms with Gasteiger partial charge in [-0.25, -0.2) is 0 Å². The van der Waals surface area contributed by atoms with E-state index in [0.29, 0.717) is 11.7 Å². The fraction of sp³-hybridized carbons (Fsp3) is 0.174. The third-order valence-corrected chi connectivity index (χ3v) is 5.61. The molecule has 5 nitrogen and oxygen atoms in total. The number of fused-ring (bicyclic) bond motifs is 1. The summed E-state index contributed by atoms with van der Waals surface area (Å²) in [6.07, 6.45) is 0. The third-order valence-electron chi connectivity index (χ3n) is 4.67. The predicted octanol–water partition coefficient (Wildman–Crippen LogP) is 4.62. The molecule has 4 aromatic rings. The molecule has 0 aliphatic heterocycles. The number of carbonyl (C=O) groups excluding carboxylic acids is 1. The monoisotopic (exact) mass is 403 g/mol. The summed E-state index contributed by atoms with van der Waals surface area (Å²) in [5.41, 5.74) is 2.17. The number of carbonyl (C=O) groups is 1. The number of thioether (sulfide) groups is 1. The average molecular weight is 404 g/mol. The fourth-order valence-corrected chi connectivity index (χ4v) is 3.94. The van der Waals surface area contributed by atoms with Gasteiger partial charge in [-0.3, -0.25) is 4.79 Å². The normalized spacial score (nSPS) is 10.9. The van der Waals surface area contributed by atoms with Gasteiger partial charge in [0.15, 0.2) is 5.16 Å². The summed E-state index contributed by atoms with van der Waals surface area (Å²) in [6.45, 7) is 2.85. The molecule has 0 spiro atoms. The van der Waals surface area contributed by atoms with Crippen LogP contribution in [-0.4, -0.2) is 26.5 Å². The molecule has 1 aromatic heterocycles. The Balaban J connectivity index is 1.37. The molecule has 0 saturated carbocycles. The van der Waals surface area contributed by atoms with E-state index in [9.17, 15) is 4.79 Å². The molecule has 3 aromatic carbocycles. The number of aryl methyl sites for hydroxylation is 1. The van der Waals surface area contributed by atoms with E-state index >= 15 is 0 Å². The van der Waals surface area contributed by atoms with E-state index in [1.54, 1.807) is 0 Å². The molecular formula is C23H21N3O2S. The number of ether oxygens (including phenoxy) is 1. The SMILES string of the molecule is Cc1nnc(SCC(=O)OCc2cccc3ccccc23)n1Cc1ccccc1. The van der Waals surface area contributed by atoms with Crippen LogP contribution in [0.4, 0.5) is 0 Å². The summed E-state index contributed by atoms with van der Waals surface area (Å²) in [4.78, 5) is 12.3. The van der Waals surface area contributed by atoms with Crippen LogP contribution in [0.1, 0.15) is 17.0 Å². The first kappa shape index (κ1) is 19.2. The summed E-state index contributed by atoms with van der Waals surface area (Å²) in [5.74, 6) is 0.743. The minimum Gasteiger partial charge on any atom is -0.460 e. The second-order valence-corrected chi connectivity index (χ2v) is 7.63. The molecule has 0 unspecified atom stereocenters. The van der Waals surface area contributed by atoms with Crippen molar-refractivity contribution in [2.24, 2.45) is 0 Å². The van der Waals surface area contributed by atoms with Crippen LogP contribution in [0.25, 0.3) is 10.8 Å². The molecule has 4 rings (SSSR count). The van der Waals surface area contributed by atoms with Gasteiger partial charge < -0.3 is 9.30 Å². The van der Waals surface area contributed by atoms with Crippen molar-refractivity contribution in [2.45, 2.75) is 25.2 Å². The lowest BCUT2D eigenvalue weighted by Crippen LogP contribution is -2.09. The molecule has 0 atom stereocenters. The van der Waals surface area contributed by atoms with Crippen LogP contribution in [0.15, 0.2) is 78.0 Å². The maximum atomic E-state index is 12.3. The Labute approximate surface area is 173 Å². The van der Waals surface area contributed by atoms with Crippen molar-refractivity contribution >= 4 is 28.5 Å². The molecule has 0 amide bonds. The molecule has 0 radical (unpaired) electrons. The first-order valence-electron chi connectivity index (χ1n) is 9.39. The van der Waals surface area contributed by atoms with E-state index in [1.807, 2.05) is 60.0 Å². The number of hydrogen-bond acceptors (Lipinski definition) is 5. The number of aromatic nitrogens is 3. The van der Waals surface area contributed by atoms with Crippen LogP contribution in [0, 0.1) is 6.92 Å². The molecule has 0 aliphatic carbocycles. The summed E-state index contributed by atoms with van der Waals surface area (Å²) in [7, 11) is 0. The molecule has 0 N–H and O–H groups in total. The molecule has 1 heterocycles. The predicted molar refractivity (Wildman–Crippen MR) is 115 cm³/mol. The second kappa shape index (κ2) is 8.92. The Morgan fingerprint density at radius 2 is 1.72 bits per heavy atom. The second-order valence-electron chi connectivity index (χ2n) is 6.69. The quantitative estimate of drug-likeness (QED) is 0.333. The molecule has 0 fully saturated rings. The highest BCUT2D eigenvalue weighted by Crippen LogP contribution is 2.21. The van der Waals surface area contributed by atoms with Crippen LogP contribution in [0.5, 0.6) is 0 Å². The van der Waals surface area contributed by atoms with Gasteiger partial charge in [-0.15, -0.1) is 10.2 Å². The molecule has 0 bridgehead atoms. The van der Waals surface area contributed by atoms with Crippen LogP contribution in [0.2, 0.25) is 0 Å². The molecule has 0 aliphatic rings. The molecule has 29 heavy (non-hydrogen) atoms. The molecule has 146 valence electrons. The van der Waals surface area contributed by atoms with Crippen molar-refractivity contribution in [1.29, 1.82) is 0 Å². The van der Waals surface area contributed by atoms with Gasteiger partial charge in [-0.1, -0.05) is 84.6 Å². The highest BCUT2D eigenvalue weighted by Gasteiger charge is 2.13. The van der Waals surface area contributed by atoms with E-state index in [0.717, 1.165) is 27.7 Å². The van der Waals surface area contributed by atoms with Crippen molar-refractivity contribution < 1.29 is 9.53 Å². The first-order valence-corrected chi connectivity index (χ1v) is 10.4. The highest BCUT2D eigenvalue weighted by atomic mass is 32.2. The maximum Gasteiger partial charge on any atom is 0.316 e. The van der Waals surface area contributed by atoms with Gasteiger partial charge in [0.25, 0.3) is 0 Å². The fourth-order valence-electron chi connectivity index (χ4n) is 3.16. The van der Waals surface area contributed by atoms with E-state index in [2.05, 4.69) is 34.5 Å². The van der Waals surface area contributed by atoms with Crippen LogP contribution >= 0.6 is 11.8 Å². The third kappa shape index (κ3) is 4.66. The van der Waals surface area contributed by atoms with Crippen molar-refractivity contribution in [1.82, 2.24) is 14.8 Å². The van der Waals surface area contributed by atoms with Crippen molar-refractivity contribution in [3.8, 4) is 0 Å². The topological polar surface area (TPSA) is 57.0 Å². The zero-order valence-electron chi connectivity index (χ0n) is 16.1. The van der Waals surface area contributed by atoms with Gasteiger partial charge in [0.1, 0.15) is 12.4 Å². The minimum atomic E-state index is -0.269. The van der Waals surface area contributed by atoms with Gasteiger partial charge in [0, 0.05) is 0 Å². The summed E-state index contributed by atoms with van der Waals surface area (Å²) in [6, 6.07) is 24.2. The number of esters is 1. The van der Waals surface area contributed by atoms with Crippen molar-refractivity contribution in [3.63, 3.8) is 0 Å². The maximum absolute atomic E-state index is 12.3. The number of rotatable bonds is 7. The lowest BCUT2D eigenvalue weighted by atomic mass is 10.1. The van der Waals surface area contributed by atoms with E-state index in [1.165, 1.54) is 11.8 Å². The van der Waals surface area contributed by atoms with E-state index < -0.39 is 0 Å². The lowest BCUT2D eigenvalue weighted by molar-refractivity contribution is -0.141. The van der Waals surface area contributed by atoms with Gasteiger partial charge in [-0.2, -0.15) is 0 Å². The van der Waals surface area contributed by atoms with Crippen LogP contribution in [0.3, 0.4) is 0 Å². The van der Waals surface area contributed by atoms with Crippen molar-refractivity contribution in [2.75, 3.05) is 5.75 Å². The van der Waals surface area contributed by atoms with Gasteiger partial charge in [-0.05, 0) is 28.8 Å². The summed E-state index contributed by atoms with van der Waals surface area (Å²) in [5, 5.41) is 11.3. The average Bonchev–Trinajstić information content (AvgIpc) is 3.10. The Hall–Kier alpha value is -3.12. The van der Waals surface area contributed by atoms with Gasteiger partial charge >= 0.3 is 5.97 Å². The molecule has 0 saturated heterocycles. The summed E-state index contributed by atoms with van der Waals surface area (Å²) < 4.78 is 7.52. The minimum absolute atomic E-state index is 0.192. The standard InChI is InChI=1S/C23H21N3O2S/c1-17-24-25-23(26(17)14-18-8-3-2-4-9-18)29-16-22(27)28-15-20-12-7-11-19-10-5-6-13-21(19)20/h2-13H,14-16H2,1H3. The number of hydrogen-bond donors (Lipinski definition) is 0. The molecule has 6 heteroatoms. The number of benzene rings is 3. The zero-order valence-corrected chi connectivity index (χ0v) is 16.9. The smallest absolute Gasteiger partial charge is 0.316 e. The largest absolute Gasteiger partial charge is 0.460 e. The molecular weight excluding hydrogens is 382 g/mol. The first-order chi connectivity index (χ1) is 14.2. The Morgan fingerprint density at radius 3 is 2.59 bits per heavy atom. The van der Waals surface area contributed by atoms with Crippen LogP contribution < -0.4 is 0 Å². The van der Waals surface area contributed by atoms with Gasteiger partial charge in [0.2, 0.25) is 0 Å². The van der Waals surface area contributed by atoms with Gasteiger partial charge in [0.05, 0.1) is 12.3 Å². The van der Waals surface area contributed by atoms with E-state index in [-0.39, 0.29) is 18.3 Å². The lowest BCUT2D eigenvalue weighted by Gasteiger charge is -2.09. The van der Waals surface area contributed by atoms with E-state index in [4.69, 9.17) is 4.74 Å². The Morgan fingerprint density at radius 1 is 0.966 bits per heavy atom. The van der Waals surface area contributed by atoms with Crippen LogP contribution in [-0.2, 0) is 22.7 Å².